The SMILES string of the molecule is [C-]#[N+]/C(C(=O)OCC)=C1\CCC(C(=O)OCC)C1. The molecule has 1 atom stereocenters. The number of rotatable bonds is 4. The first kappa shape index (κ1) is 14.2. The van der Waals surface area contributed by atoms with Crippen LogP contribution in [0, 0.1) is 12.5 Å². The van der Waals surface area contributed by atoms with Gasteiger partial charge in [-0.15, -0.1) is 0 Å². The van der Waals surface area contributed by atoms with Gasteiger partial charge in [0.1, 0.15) is 0 Å². The molecule has 0 radical (unpaired) electrons. The van der Waals surface area contributed by atoms with Crippen LogP contribution in [0.2, 0.25) is 0 Å². The summed E-state index contributed by atoms with van der Waals surface area (Å²) in [5.41, 5.74) is 0.741. The molecule has 1 unspecified atom stereocenters. The van der Waals surface area contributed by atoms with Gasteiger partial charge in [0, 0.05) is 0 Å². The third-order valence-corrected chi connectivity index (χ3v) is 2.82. The Morgan fingerprint density at radius 3 is 2.56 bits per heavy atom. The van der Waals surface area contributed by atoms with E-state index in [0.717, 1.165) is 0 Å². The number of nitrogens with zero attached hydrogens (tertiary/aromatic N) is 1. The lowest BCUT2D eigenvalue weighted by molar-refractivity contribution is -0.147. The smallest absolute Gasteiger partial charge is 0.336 e. The van der Waals surface area contributed by atoms with Gasteiger partial charge in [0.2, 0.25) is 0 Å². The second kappa shape index (κ2) is 6.80. The van der Waals surface area contributed by atoms with Gasteiger partial charge in [0.05, 0.1) is 25.7 Å². The van der Waals surface area contributed by atoms with Crippen LogP contribution in [-0.2, 0) is 19.1 Å². The van der Waals surface area contributed by atoms with Gasteiger partial charge in [-0.2, -0.15) is 0 Å². The molecule has 0 heterocycles. The molecular formula is C13H17NO4. The summed E-state index contributed by atoms with van der Waals surface area (Å²) in [7, 11) is 0. The van der Waals surface area contributed by atoms with Gasteiger partial charge >= 0.3 is 11.9 Å². The molecule has 0 amide bonds. The third kappa shape index (κ3) is 3.33. The first-order valence-corrected chi connectivity index (χ1v) is 6.07. The van der Waals surface area contributed by atoms with E-state index < -0.39 is 5.97 Å². The van der Waals surface area contributed by atoms with Crippen LogP contribution in [0.5, 0.6) is 0 Å². The van der Waals surface area contributed by atoms with Crippen molar-refractivity contribution in [2.75, 3.05) is 13.2 Å². The minimum Gasteiger partial charge on any atom is -0.471 e. The van der Waals surface area contributed by atoms with Crippen LogP contribution in [0.25, 0.3) is 4.85 Å². The maximum atomic E-state index is 11.6. The predicted octanol–water partition coefficient (Wildman–Crippen LogP) is 2.09. The number of carbonyl (C=O) groups excluding carboxylic acids is 2. The summed E-state index contributed by atoms with van der Waals surface area (Å²) in [6, 6.07) is 0. The lowest BCUT2D eigenvalue weighted by Crippen LogP contribution is -2.14. The van der Waals surface area contributed by atoms with Gasteiger partial charge in [-0.3, -0.25) is 9.59 Å². The molecule has 0 aliphatic heterocycles. The topological polar surface area (TPSA) is 57.0 Å². The highest BCUT2D eigenvalue weighted by molar-refractivity contribution is 5.91. The first-order chi connectivity index (χ1) is 8.63. The lowest BCUT2D eigenvalue weighted by atomic mass is 10.1. The average molecular weight is 251 g/mol. The highest BCUT2D eigenvalue weighted by Crippen LogP contribution is 2.34. The van der Waals surface area contributed by atoms with E-state index >= 15 is 0 Å². The van der Waals surface area contributed by atoms with Crippen molar-refractivity contribution >= 4 is 11.9 Å². The van der Waals surface area contributed by atoms with Crippen LogP contribution in [-0.4, -0.2) is 25.2 Å². The van der Waals surface area contributed by atoms with Gasteiger partial charge in [-0.05, 0) is 33.1 Å². The van der Waals surface area contributed by atoms with Gasteiger partial charge in [0.25, 0.3) is 5.70 Å². The summed E-state index contributed by atoms with van der Waals surface area (Å²) < 4.78 is 9.76. The highest BCUT2D eigenvalue weighted by Gasteiger charge is 2.30. The van der Waals surface area contributed by atoms with E-state index in [0.29, 0.717) is 31.4 Å². The second-order valence-electron chi connectivity index (χ2n) is 3.98. The zero-order valence-electron chi connectivity index (χ0n) is 10.7. The van der Waals surface area contributed by atoms with Crippen molar-refractivity contribution in [2.24, 2.45) is 5.92 Å². The molecule has 0 aromatic heterocycles. The Hall–Kier alpha value is -1.83. The van der Waals surface area contributed by atoms with Gasteiger partial charge < -0.3 is 9.47 Å². The summed E-state index contributed by atoms with van der Waals surface area (Å²) in [6.07, 6.45) is 1.64. The molecule has 0 bridgehead atoms. The summed E-state index contributed by atoms with van der Waals surface area (Å²) in [4.78, 5) is 26.3. The highest BCUT2D eigenvalue weighted by atomic mass is 16.5. The van der Waals surface area contributed by atoms with Crippen LogP contribution >= 0.6 is 0 Å². The Balaban J connectivity index is 2.76. The third-order valence-electron chi connectivity index (χ3n) is 2.82. The van der Waals surface area contributed by atoms with Gasteiger partial charge in [0.15, 0.2) is 0 Å². The van der Waals surface area contributed by atoms with E-state index in [2.05, 4.69) is 4.85 Å². The largest absolute Gasteiger partial charge is 0.471 e. The minimum atomic E-state index is -0.591. The van der Waals surface area contributed by atoms with E-state index in [1.165, 1.54) is 0 Å². The lowest BCUT2D eigenvalue weighted by Gasteiger charge is -2.07. The van der Waals surface area contributed by atoms with Gasteiger partial charge in [-0.1, -0.05) is 5.57 Å². The number of carbonyl (C=O) groups is 2. The van der Waals surface area contributed by atoms with Crippen molar-refractivity contribution in [1.82, 2.24) is 0 Å². The molecule has 1 saturated carbocycles. The number of hydrogen-bond acceptors (Lipinski definition) is 4. The molecule has 98 valence electrons. The van der Waals surface area contributed by atoms with Crippen molar-refractivity contribution in [1.29, 1.82) is 0 Å². The van der Waals surface area contributed by atoms with Crippen molar-refractivity contribution in [3.05, 3.63) is 22.7 Å². The minimum absolute atomic E-state index is 0.0312. The fourth-order valence-electron chi connectivity index (χ4n) is 1.99. The van der Waals surface area contributed by atoms with Crippen LogP contribution in [0.3, 0.4) is 0 Å². The van der Waals surface area contributed by atoms with E-state index in [1.54, 1.807) is 13.8 Å². The summed E-state index contributed by atoms with van der Waals surface area (Å²) in [6.45, 7) is 11.1. The van der Waals surface area contributed by atoms with Crippen molar-refractivity contribution < 1.29 is 19.1 Å². The standard InChI is InChI=1S/C13H17NO4/c1-4-17-12(15)10-7-6-9(8-10)11(14-3)13(16)18-5-2/h10H,4-8H2,1-2H3/b11-9+. The fourth-order valence-corrected chi connectivity index (χ4v) is 1.99. The first-order valence-electron chi connectivity index (χ1n) is 6.07. The molecule has 5 nitrogen and oxygen atoms in total. The Kier molecular flexibility index (Phi) is 5.37. The molecule has 0 N–H and O–H groups in total. The van der Waals surface area contributed by atoms with Crippen molar-refractivity contribution in [3.8, 4) is 0 Å². The molecule has 0 aromatic carbocycles. The van der Waals surface area contributed by atoms with Crippen molar-refractivity contribution in [3.63, 3.8) is 0 Å². The second-order valence-corrected chi connectivity index (χ2v) is 3.98. The number of ether oxygens (including phenoxy) is 2. The molecule has 0 spiro atoms. The summed E-state index contributed by atoms with van der Waals surface area (Å²) >= 11 is 0. The molecule has 1 rings (SSSR count). The monoisotopic (exact) mass is 251 g/mol. The maximum Gasteiger partial charge on any atom is 0.336 e. The van der Waals surface area contributed by atoms with Crippen LogP contribution in [0.1, 0.15) is 33.1 Å². The Bertz CT molecular complexity index is 406. The predicted molar refractivity (Wildman–Crippen MR) is 64.2 cm³/mol. The number of hydrogen-bond donors (Lipinski definition) is 0. The quantitative estimate of drug-likeness (QED) is 0.436. The van der Waals surface area contributed by atoms with E-state index in [1.807, 2.05) is 0 Å². The van der Waals surface area contributed by atoms with Crippen LogP contribution in [0.4, 0.5) is 0 Å². The van der Waals surface area contributed by atoms with E-state index in [9.17, 15) is 9.59 Å². The molecule has 18 heavy (non-hydrogen) atoms. The number of esters is 2. The zero-order chi connectivity index (χ0) is 13.5. The molecule has 0 saturated heterocycles. The average Bonchev–Trinajstić information content (AvgIpc) is 2.80. The Morgan fingerprint density at radius 2 is 2.00 bits per heavy atom. The maximum absolute atomic E-state index is 11.6. The Labute approximate surface area is 107 Å². The van der Waals surface area contributed by atoms with Gasteiger partial charge in [-0.25, -0.2) is 4.85 Å². The summed E-state index contributed by atoms with van der Waals surface area (Å²) in [5.74, 6) is -1.07. The van der Waals surface area contributed by atoms with E-state index in [4.69, 9.17) is 16.0 Å². The van der Waals surface area contributed by atoms with E-state index in [-0.39, 0.29) is 24.2 Å². The zero-order valence-corrected chi connectivity index (χ0v) is 10.7. The van der Waals surface area contributed by atoms with Crippen molar-refractivity contribution in [2.45, 2.75) is 33.1 Å². The molecule has 5 heteroatoms. The molecular weight excluding hydrogens is 234 g/mol. The van der Waals surface area contributed by atoms with Crippen LogP contribution < -0.4 is 0 Å². The molecule has 0 aromatic rings. The summed E-state index contributed by atoms with van der Waals surface area (Å²) in [5, 5.41) is 0. The molecule has 1 aliphatic carbocycles. The fraction of sp³-hybridized carbons (Fsp3) is 0.615. The normalized spacial score (nSPS) is 21.1. The van der Waals surface area contributed by atoms with Crippen LogP contribution in [0.15, 0.2) is 11.3 Å². The molecule has 1 fully saturated rings. The number of allylic oxidation sites excluding steroid dienone is 1. The molecule has 1 aliphatic rings. The Morgan fingerprint density at radius 1 is 1.33 bits per heavy atom.